The first kappa shape index (κ1) is 16.4. The molecular formula is C12H20ClN3O2S. The third-order valence-corrected chi connectivity index (χ3v) is 4.82. The highest BCUT2D eigenvalue weighted by Crippen LogP contribution is 2.18. The Balaban J connectivity index is 2.51. The van der Waals surface area contributed by atoms with Gasteiger partial charge in [-0.2, -0.15) is 0 Å². The molecule has 0 fully saturated rings. The maximum atomic E-state index is 12.0. The first-order valence-corrected chi connectivity index (χ1v) is 8.00. The van der Waals surface area contributed by atoms with Gasteiger partial charge in [0.1, 0.15) is 4.90 Å². The first-order valence-electron chi connectivity index (χ1n) is 6.14. The Bertz CT molecular complexity index is 505. The minimum absolute atomic E-state index is 0.0221. The lowest BCUT2D eigenvalue weighted by Gasteiger charge is -2.20. The second kappa shape index (κ2) is 7.19. The standard InChI is InChI=1S/C12H20ClN3O2S/c1-10(2)16(3)8-4-6-15-19(17,18)12-9-14-7-5-11(12)13/h5,7,9-10,15H,4,6,8H2,1-3H3. The highest BCUT2D eigenvalue weighted by molar-refractivity contribution is 7.89. The fourth-order valence-electron chi connectivity index (χ4n) is 1.43. The van der Waals surface area contributed by atoms with E-state index in [1.54, 1.807) is 0 Å². The molecule has 0 spiro atoms. The molecule has 0 aliphatic rings. The lowest BCUT2D eigenvalue weighted by Crippen LogP contribution is -2.31. The summed E-state index contributed by atoms with van der Waals surface area (Å²) in [6.45, 7) is 5.41. The van der Waals surface area contributed by atoms with Crippen LogP contribution in [0.1, 0.15) is 20.3 Å². The summed E-state index contributed by atoms with van der Waals surface area (Å²) < 4.78 is 26.5. The van der Waals surface area contributed by atoms with Crippen molar-refractivity contribution in [3.63, 3.8) is 0 Å². The van der Waals surface area contributed by atoms with Crippen LogP contribution in [0.2, 0.25) is 5.02 Å². The lowest BCUT2D eigenvalue weighted by molar-refractivity contribution is 0.271. The van der Waals surface area contributed by atoms with Crippen LogP contribution in [-0.2, 0) is 10.0 Å². The molecule has 1 N–H and O–H groups in total. The smallest absolute Gasteiger partial charge is 0.243 e. The molecule has 0 unspecified atom stereocenters. The predicted molar refractivity (Wildman–Crippen MR) is 76.8 cm³/mol. The summed E-state index contributed by atoms with van der Waals surface area (Å²) >= 11 is 5.85. The van der Waals surface area contributed by atoms with E-state index in [1.165, 1.54) is 18.5 Å². The third-order valence-electron chi connectivity index (χ3n) is 2.88. The first-order chi connectivity index (χ1) is 8.84. The summed E-state index contributed by atoms with van der Waals surface area (Å²) in [7, 11) is -1.56. The van der Waals surface area contributed by atoms with E-state index < -0.39 is 10.0 Å². The Morgan fingerprint density at radius 2 is 2.16 bits per heavy atom. The van der Waals surface area contributed by atoms with E-state index in [4.69, 9.17) is 11.6 Å². The van der Waals surface area contributed by atoms with Crippen LogP contribution in [0.15, 0.2) is 23.4 Å². The number of aromatic nitrogens is 1. The molecule has 5 nitrogen and oxygen atoms in total. The van der Waals surface area contributed by atoms with Gasteiger partial charge in [-0.25, -0.2) is 13.1 Å². The molecule has 1 aromatic heterocycles. The second-order valence-electron chi connectivity index (χ2n) is 4.63. The minimum Gasteiger partial charge on any atom is -0.304 e. The molecule has 108 valence electrons. The number of hydrogen-bond acceptors (Lipinski definition) is 4. The number of hydrogen-bond donors (Lipinski definition) is 1. The van der Waals surface area contributed by atoms with E-state index in [9.17, 15) is 8.42 Å². The lowest BCUT2D eigenvalue weighted by atomic mass is 10.3. The SMILES string of the molecule is CC(C)N(C)CCCNS(=O)(=O)c1cnccc1Cl. The number of nitrogens with one attached hydrogen (secondary N) is 1. The van der Waals surface area contributed by atoms with Crippen LogP contribution < -0.4 is 4.72 Å². The topological polar surface area (TPSA) is 62.3 Å². The average molecular weight is 306 g/mol. The fraction of sp³-hybridized carbons (Fsp3) is 0.583. The molecule has 0 radical (unpaired) electrons. The van der Waals surface area contributed by atoms with Gasteiger partial charge >= 0.3 is 0 Å². The Hall–Kier alpha value is -0.690. The van der Waals surface area contributed by atoms with Crippen molar-refractivity contribution in [2.75, 3.05) is 20.1 Å². The largest absolute Gasteiger partial charge is 0.304 e. The molecule has 0 aliphatic heterocycles. The van der Waals surface area contributed by atoms with Crippen LogP contribution in [0.5, 0.6) is 0 Å². The van der Waals surface area contributed by atoms with Crippen LogP contribution >= 0.6 is 11.6 Å². The van der Waals surface area contributed by atoms with Crippen LogP contribution in [0.3, 0.4) is 0 Å². The van der Waals surface area contributed by atoms with Gasteiger partial charge < -0.3 is 4.90 Å². The normalized spacial score (nSPS) is 12.3. The van der Waals surface area contributed by atoms with E-state index in [0.29, 0.717) is 12.6 Å². The number of sulfonamides is 1. The van der Waals surface area contributed by atoms with Gasteiger partial charge in [-0.3, -0.25) is 4.98 Å². The van der Waals surface area contributed by atoms with Gasteiger partial charge in [-0.05, 0) is 39.9 Å². The van der Waals surface area contributed by atoms with E-state index in [0.717, 1.165) is 13.0 Å². The van der Waals surface area contributed by atoms with Crippen molar-refractivity contribution in [2.24, 2.45) is 0 Å². The molecule has 0 bridgehead atoms. The molecule has 7 heteroatoms. The summed E-state index contributed by atoms with van der Waals surface area (Å²) in [6.07, 6.45) is 3.45. The van der Waals surface area contributed by atoms with Gasteiger partial charge in [0.15, 0.2) is 0 Å². The highest BCUT2D eigenvalue weighted by atomic mass is 35.5. The van der Waals surface area contributed by atoms with Crippen LogP contribution in [0.4, 0.5) is 0 Å². The average Bonchev–Trinajstić information content (AvgIpc) is 2.34. The number of nitrogens with zero attached hydrogens (tertiary/aromatic N) is 2. The number of pyridine rings is 1. The van der Waals surface area contributed by atoms with Gasteiger partial charge in [-0.15, -0.1) is 0 Å². The van der Waals surface area contributed by atoms with Crippen molar-refractivity contribution in [2.45, 2.75) is 31.2 Å². The van der Waals surface area contributed by atoms with E-state index >= 15 is 0 Å². The number of rotatable bonds is 7. The molecule has 1 aromatic rings. The molecule has 0 saturated heterocycles. The summed E-state index contributed by atoms with van der Waals surface area (Å²) in [5.74, 6) is 0. The molecule has 0 aliphatic carbocycles. The van der Waals surface area contributed by atoms with Crippen molar-refractivity contribution in [3.8, 4) is 0 Å². The molecule has 0 atom stereocenters. The van der Waals surface area contributed by atoms with Crippen molar-refractivity contribution in [1.82, 2.24) is 14.6 Å². The quantitative estimate of drug-likeness (QED) is 0.780. The zero-order chi connectivity index (χ0) is 14.5. The molecular weight excluding hydrogens is 286 g/mol. The summed E-state index contributed by atoms with van der Waals surface area (Å²) in [5.41, 5.74) is 0. The van der Waals surface area contributed by atoms with Crippen molar-refractivity contribution in [3.05, 3.63) is 23.5 Å². The van der Waals surface area contributed by atoms with Gasteiger partial charge in [0.05, 0.1) is 5.02 Å². The Kier molecular flexibility index (Phi) is 6.19. The Labute approximate surface area is 120 Å². The van der Waals surface area contributed by atoms with Crippen molar-refractivity contribution >= 4 is 21.6 Å². The molecule has 1 rings (SSSR count). The third kappa shape index (κ3) is 5.06. The molecule has 1 heterocycles. The second-order valence-corrected chi connectivity index (χ2v) is 6.77. The highest BCUT2D eigenvalue weighted by Gasteiger charge is 2.17. The van der Waals surface area contributed by atoms with Crippen molar-refractivity contribution in [1.29, 1.82) is 0 Å². The summed E-state index contributed by atoms with van der Waals surface area (Å²) in [4.78, 5) is 5.96. The number of halogens is 1. The van der Waals surface area contributed by atoms with Gasteiger partial charge in [0.2, 0.25) is 10.0 Å². The predicted octanol–water partition coefficient (Wildman–Crippen LogP) is 1.74. The molecule has 0 aromatic carbocycles. The monoisotopic (exact) mass is 305 g/mol. The molecule has 0 saturated carbocycles. The van der Waals surface area contributed by atoms with Crippen molar-refractivity contribution < 1.29 is 8.42 Å². The van der Waals surface area contributed by atoms with Crippen LogP contribution in [0, 0.1) is 0 Å². The Morgan fingerprint density at radius 3 is 2.74 bits per heavy atom. The van der Waals surface area contributed by atoms with Gasteiger partial charge in [-0.1, -0.05) is 11.6 Å². The summed E-state index contributed by atoms with van der Waals surface area (Å²) in [6, 6.07) is 1.91. The fourth-order valence-corrected chi connectivity index (χ4v) is 2.93. The maximum Gasteiger partial charge on any atom is 0.243 e. The minimum atomic E-state index is -3.57. The van der Waals surface area contributed by atoms with Crippen LogP contribution in [-0.4, -0.2) is 44.5 Å². The molecule has 0 amide bonds. The Morgan fingerprint density at radius 1 is 1.47 bits per heavy atom. The van der Waals surface area contributed by atoms with Gasteiger partial charge in [0.25, 0.3) is 0 Å². The molecule has 19 heavy (non-hydrogen) atoms. The zero-order valence-corrected chi connectivity index (χ0v) is 13.0. The maximum absolute atomic E-state index is 12.0. The summed E-state index contributed by atoms with van der Waals surface area (Å²) in [5, 5.41) is 0.182. The van der Waals surface area contributed by atoms with E-state index in [-0.39, 0.29) is 9.92 Å². The van der Waals surface area contributed by atoms with Crippen LogP contribution in [0.25, 0.3) is 0 Å². The van der Waals surface area contributed by atoms with E-state index in [2.05, 4.69) is 28.5 Å². The van der Waals surface area contributed by atoms with E-state index in [1.807, 2.05) is 7.05 Å². The van der Waals surface area contributed by atoms with Gasteiger partial charge in [0, 0.05) is 25.0 Å². The zero-order valence-electron chi connectivity index (χ0n) is 11.4.